The fourth-order valence-corrected chi connectivity index (χ4v) is 1.92. The van der Waals surface area contributed by atoms with Crippen molar-refractivity contribution in [2.24, 2.45) is 11.0 Å². The number of carbonyl (C=O) groups excluding carboxylic acids is 1. The number of ether oxygens (including phenoxy) is 1. The predicted octanol–water partition coefficient (Wildman–Crippen LogP) is 3.89. The summed E-state index contributed by atoms with van der Waals surface area (Å²) < 4.78 is 5.31. The fourth-order valence-electron chi connectivity index (χ4n) is 1.92. The first-order valence-corrected chi connectivity index (χ1v) is 6.67. The topological polar surface area (TPSA) is 75.1 Å². The van der Waals surface area contributed by atoms with Crippen LogP contribution in [-0.4, -0.2) is 18.1 Å². The van der Waals surface area contributed by atoms with E-state index in [2.05, 4.69) is 10.0 Å². The highest BCUT2D eigenvalue weighted by atomic mass is 16.6. The molecule has 1 atom stereocenters. The Bertz CT molecular complexity index is 474. The zero-order chi connectivity index (χ0) is 15.0. The van der Waals surface area contributed by atoms with E-state index in [0.29, 0.717) is 13.0 Å². The van der Waals surface area contributed by atoms with Crippen LogP contribution >= 0.6 is 0 Å². The molecule has 0 fully saturated rings. The van der Waals surface area contributed by atoms with Crippen LogP contribution in [0.4, 0.5) is 0 Å². The van der Waals surface area contributed by atoms with Crippen LogP contribution in [0.2, 0.25) is 0 Å². The molecular formula is C15H21N3O2. The van der Waals surface area contributed by atoms with Crippen LogP contribution in [-0.2, 0) is 16.0 Å². The molecule has 0 bridgehead atoms. The fraction of sp³-hybridized carbons (Fsp3) is 0.533. The molecule has 1 aromatic carbocycles. The average Bonchev–Trinajstić information content (AvgIpc) is 2.35. The number of benzene rings is 1. The van der Waals surface area contributed by atoms with Crippen LogP contribution in [0.25, 0.3) is 10.4 Å². The number of rotatable bonds is 6. The predicted molar refractivity (Wildman–Crippen MR) is 78.1 cm³/mol. The summed E-state index contributed by atoms with van der Waals surface area (Å²) in [6.45, 7) is 5.81. The van der Waals surface area contributed by atoms with Crippen molar-refractivity contribution in [3.05, 3.63) is 46.3 Å². The van der Waals surface area contributed by atoms with Crippen LogP contribution in [0.1, 0.15) is 32.8 Å². The van der Waals surface area contributed by atoms with E-state index >= 15 is 0 Å². The average molecular weight is 275 g/mol. The van der Waals surface area contributed by atoms with Gasteiger partial charge in [0.15, 0.2) is 0 Å². The molecule has 1 aromatic rings. The molecule has 1 rings (SSSR count). The number of azide groups is 1. The number of nitrogens with zero attached hydrogens (tertiary/aromatic N) is 3. The number of hydrogen-bond acceptors (Lipinski definition) is 3. The zero-order valence-electron chi connectivity index (χ0n) is 12.2. The van der Waals surface area contributed by atoms with Gasteiger partial charge >= 0.3 is 5.97 Å². The van der Waals surface area contributed by atoms with E-state index in [1.165, 1.54) is 0 Å². The molecular weight excluding hydrogens is 254 g/mol. The van der Waals surface area contributed by atoms with Gasteiger partial charge in [0, 0.05) is 17.9 Å². The van der Waals surface area contributed by atoms with E-state index in [1.54, 1.807) is 0 Å². The Balaban J connectivity index is 2.64. The van der Waals surface area contributed by atoms with Gasteiger partial charge in [0.25, 0.3) is 0 Å². The summed E-state index contributed by atoms with van der Waals surface area (Å²) in [5.41, 5.74) is 9.07. The van der Waals surface area contributed by atoms with Crippen LogP contribution in [0.5, 0.6) is 0 Å². The number of hydrogen-bond donors (Lipinski definition) is 0. The first-order chi connectivity index (χ1) is 9.40. The Kier molecular flexibility index (Phi) is 6.07. The van der Waals surface area contributed by atoms with Gasteiger partial charge in [0.1, 0.15) is 5.60 Å². The lowest BCUT2D eigenvalue weighted by molar-refractivity contribution is -0.155. The maximum atomic E-state index is 11.9. The Morgan fingerprint density at radius 2 is 2.00 bits per heavy atom. The zero-order valence-corrected chi connectivity index (χ0v) is 12.2. The van der Waals surface area contributed by atoms with Crippen LogP contribution in [0.3, 0.4) is 0 Å². The van der Waals surface area contributed by atoms with Crippen molar-refractivity contribution in [2.75, 3.05) is 6.54 Å². The highest BCUT2D eigenvalue weighted by Gasteiger charge is 2.20. The molecule has 0 aromatic heterocycles. The number of esters is 1. The van der Waals surface area contributed by atoms with Gasteiger partial charge < -0.3 is 4.74 Å². The minimum absolute atomic E-state index is 0.0388. The van der Waals surface area contributed by atoms with Crippen molar-refractivity contribution in [1.29, 1.82) is 0 Å². The standard InChI is InChI=1S/C15H21N3O2/c1-15(2,3)20-14(19)10-13(11-17-18-16)9-12-7-5-4-6-8-12/h4-8,13H,9-11H2,1-3H3/t13-/m1/s1. The summed E-state index contributed by atoms with van der Waals surface area (Å²) in [5.74, 6) is -0.297. The van der Waals surface area contributed by atoms with Crippen LogP contribution < -0.4 is 0 Å². The van der Waals surface area contributed by atoms with Crippen molar-refractivity contribution in [3.8, 4) is 0 Å². The quantitative estimate of drug-likeness (QED) is 0.342. The molecule has 0 spiro atoms. The third-order valence-corrected chi connectivity index (χ3v) is 2.65. The van der Waals surface area contributed by atoms with E-state index in [4.69, 9.17) is 10.3 Å². The van der Waals surface area contributed by atoms with Crippen LogP contribution in [0.15, 0.2) is 35.4 Å². The van der Waals surface area contributed by atoms with Gasteiger partial charge in [-0.3, -0.25) is 4.79 Å². The van der Waals surface area contributed by atoms with Gasteiger partial charge in [-0.1, -0.05) is 35.4 Å². The summed E-state index contributed by atoms with van der Waals surface area (Å²) in [6.07, 6.45) is 0.949. The lowest BCUT2D eigenvalue weighted by Gasteiger charge is -2.21. The lowest BCUT2D eigenvalue weighted by atomic mass is 9.96. The van der Waals surface area contributed by atoms with Crippen molar-refractivity contribution < 1.29 is 9.53 Å². The monoisotopic (exact) mass is 275 g/mol. The van der Waals surface area contributed by atoms with E-state index in [1.807, 2.05) is 51.1 Å². The molecule has 108 valence electrons. The molecule has 0 saturated carbocycles. The molecule has 0 amide bonds. The molecule has 0 radical (unpaired) electrons. The van der Waals surface area contributed by atoms with E-state index in [-0.39, 0.29) is 18.3 Å². The second kappa shape index (κ2) is 7.56. The molecule has 5 heteroatoms. The Morgan fingerprint density at radius 3 is 2.55 bits per heavy atom. The van der Waals surface area contributed by atoms with Gasteiger partial charge in [0.2, 0.25) is 0 Å². The second-order valence-corrected chi connectivity index (χ2v) is 5.76. The minimum atomic E-state index is -0.493. The lowest BCUT2D eigenvalue weighted by Crippen LogP contribution is -2.26. The minimum Gasteiger partial charge on any atom is -0.460 e. The van der Waals surface area contributed by atoms with E-state index in [9.17, 15) is 4.79 Å². The van der Waals surface area contributed by atoms with Crippen LogP contribution in [0, 0.1) is 5.92 Å². The van der Waals surface area contributed by atoms with Gasteiger partial charge in [0.05, 0.1) is 0 Å². The summed E-state index contributed by atoms with van der Waals surface area (Å²) >= 11 is 0. The molecule has 0 aliphatic rings. The van der Waals surface area contributed by atoms with E-state index < -0.39 is 5.60 Å². The third kappa shape index (κ3) is 6.81. The normalized spacial score (nSPS) is 12.3. The highest BCUT2D eigenvalue weighted by Crippen LogP contribution is 2.16. The number of carbonyl (C=O) groups is 1. The molecule has 0 saturated heterocycles. The smallest absolute Gasteiger partial charge is 0.306 e. The SMILES string of the molecule is CC(C)(C)OC(=O)C[C@H](CN=[N+]=[N-])Cc1ccccc1. The summed E-state index contributed by atoms with van der Waals surface area (Å²) in [7, 11) is 0. The van der Waals surface area contributed by atoms with Crippen molar-refractivity contribution in [1.82, 2.24) is 0 Å². The highest BCUT2D eigenvalue weighted by molar-refractivity contribution is 5.70. The molecule has 0 aliphatic carbocycles. The van der Waals surface area contributed by atoms with E-state index in [0.717, 1.165) is 5.56 Å². The van der Waals surface area contributed by atoms with Crippen molar-refractivity contribution >= 4 is 5.97 Å². The Morgan fingerprint density at radius 1 is 1.35 bits per heavy atom. The largest absolute Gasteiger partial charge is 0.460 e. The Hall–Kier alpha value is -2.00. The summed E-state index contributed by atoms with van der Waals surface area (Å²) in [6, 6.07) is 9.84. The maximum Gasteiger partial charge on any atom is 0.306 e. The van der Waals surface area contributed by atoms with Gasteiger partial charge in [-0.2, -0.15) is 0 Å². The third-order valence-electron chi connectivity index (χ3n) is 2.65. The molecule has 0 N–H and O–H groups in total. The maximum absolute atomic E-state index is 11.9. The first-order valence-electron chi connectivity index (χ1n) is 6.67. The van der Waals surface area contributed by atoms with Gasteiger partial charge in [-0.25, -0.2) is 0 Å². The molecule has 0 unspecified atom stereocenters. The summed E-state index contributed by atoms with van der Waals surface area (Å²) in [4.78, 5) is 14.6. The Labute approximate surface area is 119 Å². The molecule has 0 aliphatic heterocycles. The molecule has 20 heavy (non-hydrogen) atoms. The summed E-state index contributed by atoms with van der Waals surface area (Å²) in [5, 5.41) is 3.59. The van der Waals surface area contributed by atoms with Crippen molar-refractivity contribution in [3.63, 3.8) is 0 Å². The van der Waals surface area contributed by atoms with Gasteiger partial charge in [-0.15, -0.1) is 0 Å². The van der Waals surface area contributed by atoms with Crippen molar-refractivity contribution in [2.45, 2.75) is 39.2 Å². The van der Waals surface area contributed by atoms with Gasteiger partial charge in [-0.05, 0) is 44.2 Å². The second-order valence-electron chi connectivity index (χ2n) is 5.76. The first kappa shape index (κ1) is 16.1. The molecule has 0 heterocycles. The molecule has 5 nitrogen and oxygen atoms in total.